The van der Waals surface area contributed by atoms with E-state index in [1.807, 2.05) is 65.3 Å². The van der Waals surface area contributed by atoms with Gasteiger partial charge in [0.2, 0.25) is 11.8 Å². The Kier molecular flexibility index (Phi) is 8.67. The quantitative estimate of drug-likeness (QED) is 0.570. The molecule has 1 fully saturated rings. The summed E-state index contributed by atoms with van der Waals surface area (Å²) in [6, 6.07) is 15.4. The number of hydrogen-bond donors (Lipinski definition) is 0. The zero-order chi connectivity index (χ0) is 22.2. The molecule has 0 spiro atoms. The van der Waals surface area contributed by atoms with Gasteiger partial charge >= 0.3 is 0 Å². The second-order valence-corrected chi connectivity index (χ2v) is 9.47. The lowest BCUT2D eigenvalue weighted by Gasteiger charge is -2.24. The van der Waals surface area contributed by atoms with Gasteiger partial charge in [0.15, 0.2) is 0 Å². The van der Waals surface area contributed by atoms with E-state index >= 15 is 0 Å². The van der Waals surface area contributed by atoms with Gasteiger partial charge in [-0.05, 0) is 61.7 Å². The topological polar surface area (TPSA) is 49.9 Å². The van der Waals surface area contributed by atoms with Gasteiger partial charge in [-0.15, -0.1) is 11.8 Å². The third-order valence-corrected chi connectivity index (χ3v) is 6.77. The van der Waals surface area contributed by atoms with Crippen molar-refractivity contribution in [1.29, 1.82) is 0 Å². The molecule has 31 heavy (non-hydrogen) atoms. The Labute approximate surface area is 193 Å². The second-order valence-electron chi connectivity index (χ2n) is 7.62. The number of aryl methyl sites for hydroxylation is 1. The summed E-state index contributed by atoms with van der Waals surface area (Å²) in [7, 11) is 1.64. The molecule has 7 heteroatoms. The SMILES string of the molecule is COc1ccc(CCC(=O)N2CCCN(C(=O)C(C)Sc3ccc(Cl)cc3)CC2)cc1. The van der Waals surface area contributed by atoms with Crippen LogP contribution in [0.25, 0.3) is 0 Å². The van der Waals surface area contributed by atoms with Crippen LogP contribution in [0, 0.1) is 0 Å². The number of nitrogens with zero attached hydrogens (tertiary/aromatic N) is 2. The van der Waals surface area contributed by atoms with Gasteiger partial charge in [-0.1, -0.05) is 23.7 Å². The molecular weight excluding hydrogens is 432 g/mol. The molecule has 0 aliphatic carbocycles. The number of thioether (sulfide) groups is 1. The summed E-state index contributed by atoms with van der Waals surface area (Å²) in [5, 5.41) is 0.506. The first-order valence-corrected chi connectivity index (χ1v) is 11.8. The molecule has 0 saturated carbocycles. The summed E-state index contributed by atoms with van der Waals surface area (Å²) in [6.45, 7) is 4.49. The number of ether oxygens (including phenoxy) is 1. The van der Waals surface area contributed by atoms with Crippen molar-refractivity contribution < 1.29 is 14.3 Å². The lowest BCUT2D eigenvalue weighted by Crippen LogP contribution is -2.40. The van der Waals surface area contributed by atoms with Gasteiger partial charge < -0.3 is 14.5 Å². The molecule has 166 valence electrons. The average molecular weight is 461 g/mol. The summed E-state index contributed by atoms with van der Waals surface area (Å²) in [5.41, 5.74) is 1.12. The van der Waals surface area contributed by atoms with Crippen molar-refractivity contribution in [1.82, 2.24) is 9.80 Å². The van der Waals surface area contributed by atoms with Crippen LogP contribution in [0.2, 0.25) is 5.02 Å². The van der Waals surface area contributed by atoms with Gasteiger partial charge in [0, 0.05) is 42.5 Å². The van der Waals surface area contributed by atoms with E-state index in [1.54, 1.807) is 7.11 Å². The highest BCUT2D eigenvalue weighted by atomic mass is 35.5. The Hall–Kier alpha value is -2.18. The minimum absolute atomic E-state index is 0.118. The fraction of sp³-hybridized carbons (Fsp3) is 0.417. The van der Waals surface area contributed by atoms with Crippen molar-refractivity contribution in [2.75, 3.05) is 33.3 Å². The van der Waals surface area contributed by atoms with Crippen LogP contribution >= 0.6 is 23.4 Å². The number of carbonyl (C=O) groups is 2. The van der Waals surface area contributed by atoms with Crippen molar-refractivity contribution in [2.45, 2.75) is 36.3 Å². The number of carbonyl (C=O) groups excluding carboxylic acids is 2. The zero-order valence-electron chi connectivity index (χ0n) is 18.1. The first-order chi connectivity index (χ1) is 15.0. The molecule has 0 radical (unpaired) electrons. The highest BCUT2D eigenvalue weighted by Crippen LogP contribution is 2.26. The van der Waals surface area contributed by atoms with Gasteiger partial charge in [-0.3, -0.25) is 9.59 Å². The molecule has 2 amide bonds. The molecule has 2 aromatic carbocycles. The van der Waals surface area contributed by atoms with Crippen LogP contribution in [-0.4, -0.2) is 60.2 Å². The fourth-order valence-corrected chi connectivity index (χ4v) is 4.69. The van der Waals surface area contributed by atoms with Crippen LogP contribution in [0.1, 0.15) is 25.3 Å². The Morgan fingerprint density at radius 1 is 1.00 bits per heavy atom. The first-order valence-electron chi connectivity index (χ1n) is 10.6. The maximum atomic E-state index is 12.9. The first kappa shape index (κ1) is 23.5. The minimum Gasteiger partial charge on any atom is -0.497 e. The summed E-state index contributed by atoms with van der Waals surface area (Å²) in [4.78, 5) is 30.4. The van der Waals surface area contributed by atoms with E-state index < -0.39 is 0 Å². The number of rotatable bonds is 7. The number of methoxy groups -OCH3 is 1. The number of benzene rings is 2. The number of amides is 2. The minimum atomic E-state index is -0.182. The predicted octanol–water partition coefficient (Wildman–Crippen LogP) is 4.52. The second kappa shape index (κ2) is 11.4. The maximum Gasteiger partial charge on any atom is 0.235 e. The van der Waals surface area contributed by atoms with E-state index in [1.165, 1.54) is 11.8 Å². The fourth-order valence-electron chi connectivity index (χ4n) is 3.61. The van der Waals surface area contributed by atoms with E-state index in [0.29, 0.717) is 44.0 Å². The van der Waals surface area contributed by atoms with Crippen molar-refractivity contribution >= 4 is 35.2 Å². The highest BCUT2D eigenvalue weighted by molar-refractivity contribution is 8.00. The Morgan fingerprint density at radius 3 is 2.32 bits per heavy atom. The van der Waals surface area contributed by atoms with Crippen LogP contribution in [-0.2, 0) is 16.0 Å². The van der Waals surface area contributed by atoms with Gasteiger partial charge in [0.25, 0.3) is 0 Å². The molecule has 1 aliphatic heterocycles. The molecular formula is C24H29ClN2O3S. The molecule has 1 atom stereocenters. The molecule has 3 rings (SSSR count). The van der Waals surface area contributed by atoms with Gasteiger partial charge in [0.05, 0.1) is 12.4 Å². The molecule has 1 heterocycles. The van der Waals surface area contributed by atoms with E-state index in [9.17, 15) is 9.59 Å². The van der Waals surface area contributed by atoms with Crippen LogP contribution in [0.4, 0.5) is 0 Å². The summed E-state index contributed by atoms with van der Waals surface area (Å²) < 4.78 is 5.17. The molecule has 0 N–H and O–H groups in total. The summed E-state index contributed by atoms with van der Waals surface area (Å²) >= 11 is 7.47. The van der Waals surface area contributed by atoms with Gasteiger partial charge in [-0.25, -0.2) is 0 Å². The smallest absolute Gasteiger partial charge is 0.235 e. The largest absolute Gasteiger partial charge is 0.497 e. The lowest BCUT2D eigenvalue weighted by atomic mass is 10.1. The van der Waals surface area contributed by atoms with Crippen molar-refractivity contribution in [3.05, 3.63) is 59.1 Å². The number of hydrogen-bond acceptors (Lipinski definition) is 4. The van der Waals surface area contributed by atoms with Gasteiger partial charge in [-0.2, -0.15) is 0 Å². The maximum absolute atomic E-state index is 12.9. The molecule has 1 aliphatic rings. The van der Waals surface area contributed by atoms with Crippen molar-refractivity contribution in [3.63, 3.8) is 0 Å². The summed E-state index contributed by atoms with van der Waals surface area (Å²) in [5.74, 6) is 1.08. The lowest BCUT2D eigenvalue weighted by molar-refractivity contribution is -0.133. The third-order valence-electron chi connectivity index (χ3n) is 5.42. The van der Waals surface area contributed by atoms with Crippen molar-refractivity contribution in [2.24, 2.45) is 0 Å². The molecule has 0 aromatic heterocycles. The van der Waals surface area contributed by atoms with Crippen LogP contribution in [0.5, 0.6) is 5.75 Å². The third kappa shape index (κ3) is 6.91. The Balaban J connectivity index is 1.47. The summed E-state index contributed by atoms with van der Waals surface area (Å²) in [6.07, 6.45) is 1.98. The monoisotopic (exact) mass is 460 g/mol. The van der Waals surface area contributed by atoms with Crippen LogP contribution in [0.15, 0.2) is 53.4 Å². The van der Waals surface area contributed by atoms with E-state index in [2.05, 4.69) is 0 Å². The highest BCUT2D eigenvalue weighted by Gasteiger charge is 2.25. The van der Waals surface area contributed by atoms with E-state index in [0.717, 1.165) is 22.6 Å². The Bertz CT molecular complexity index is 873. The van der Waals surface area contributed by atoms with Crippen molar-refractivity contribution in [3.8, 4) is 5.75 Å². The molecule has 1 saturated heterocycles. The molecule has 2 aromatic rings. The van der Waals surface area contributed by atoms with Crippen LogP contribution < -0.4 is 4.74 Å². The average Bonchev–Trinajstić information content (AvgIpc) is 3.05. The molecule has 1 unspecified atom stereocenters. The van der Waals surface area contributed by atoms with E-state index in [4.69, 9.17) is 16.3 Å². The Morgan fingerprint density at radius 2 is 1.65 bits per heavy atom. The normalized spacial score (nSPS) is 15.3. The van der Waals surface area contributed by atoms with E-state index in [-0.39, 0.29) is 17.1 Å². The number of halogens is 1. The molecule has 5 nitrogen and oxygen atoms in total. The predicted molar refractivity (Wildman–Crippen MR) is 126 cm³/mol. The van der Waals surface area contributed by atoms with Gasteiger partial charge in [0.1, 0.15) is 5.75 Å². The zero-order valence-corrected chi connectivity index (χ0v) is 19.6. The standard InChI is InChI=1S/C24H29ClN2O3S/c1-18(31-22-11-7-20(25)8-12-22)24(29)27-15-3-14-26(16-17-27)23(28)13-6-19-4-9-21(30-2)10-5-19/h4-5,7-12,18H,3,6,13-17H2,1-2H3. The molecule has 0 bridgehead atoms. The van der Waals surface area contributed by atoms with Crippen LogP contribution in [0.3, 0.4) is 0 Å².